The molecule has 5 heteroatoms. The molecule has 0 radical (unpaired) electrons. The van der Waals surface area contributed by atoms with Gasteiger partial charge in [-0.1, -0.05) is 29.8 Å². The zero-order valence-electron chi connectivity index (χ0n) is 13.0. The normalized spacial score (nSPS) is 22.0. The van der Waals surface area contributed by atoms with E-state index in [-0.39, 0.29) is 18.1 Å². The van der Waals surface area contributed by atoms with Crippen molar-refractivity contribution in [2.24, 2.45) is 0 Å². The summed E-state index contributed by atoms with van der Waals surface area (Å²) in [6.45, 7) is 6.18. The fraction of sp³-hybridized carbons (Fsp3) is 0.562. The Hall–Kier alpha value is -1.43. The van der Waals surface area contributed by atoms with Gasteiger partial charge in [-0.2, -0.15) is 0 Å². The van der Waals surface area contributed by atoms with E-state index in [1.165, 1.54) is 5.56 Å². The predicted molar refractivity (Wildman–Crippen MR) is 80.9 cm³/mol. The minimum atomic E-state index is -0.158. The van der Waals surface area contributed by atoms with E-state index in [9.17, 15) is 4.79 Å². The van der Waals surface area contributed by atoms with Crippen molar-refractivity contribution in [3.63, 3.8) is 0 Å². The van der Waals surface area contributed by atoms with Crippen molar-refractivity contribution in [3.8, 4) is 0 Å². The summed E-state index contributed by atoms with van der Waals surface area (Å²) >= 11 is 0. The zero-order valence-corrected chi connectivity index (χ0v) is 13.0. The fourth-order valence-corrected chi connectivity index (χ4v) is 2.54. The Bertz CT molecular complexity index is 478. The van der Waals surface area contributed by atoms with Crippen LogP contribution in [0.3, 0.4) is 0 Å². The highest BCUT2D eigenvalue weighted by Crippen LogP contribution is 2.25. The lowest BCUT2D eigenvalue weighted by Gasteiger charge is -2.24. The number of hydrogen-bond acceptors (Lipinski definition) is 4. The van der Waals surface area contributed by atoms with Gasteiger partial charge >= 0.3 is 0 Å². The van der Waals surface area contributed by atoms with Gasteiger partial charge < -0.3 is 14.4 Å². The summed E-state index contributed by atoms with van der Waals surface area (Å²) in [5, 5.41) is 3.35. The van der Waals surface area contributed by atoms with E-state index in [4.69, 9.17) is 9.47 Å². The molecule has 2 atom stereocenters. The molecule has 0 aliphatic carbocycles. The topological polar surface area (TPSA) is 50.8 Å². The first-order valence-electron chi connectivity index (χ1n) is 7.33. The van der Waals surface area contributed by atoms with Crippen molar-refractivity contribution in [3.05, 3.63) is 35.4 Å². The second kappa shape index (κ2) is 7.54. The van der Waals surface area contributed by atoms with Gasteiger partial charge in [-0.15, -0.1) is 0 Å². The van der Waals surface area contributed by atoms with Gasteiger partial charge in [-0.3, -0.25) is 10.1 Å². The highest BCUT2D eigenvalue weighted by atomic mass is 16.5. The summed E-state index contributed by atoms with van der Waals surface area (Å²) in [7, 11) is 1.65. The molecule has 0 saturated carbocycles. The molecule has 1 fully saturated rings. The third-order valence-electron chi connectivity index (χ3n) is 3.64. The van der Waals surface area contributed by atoms with Gasteiger partial charge in [0.15, 0.2) is 0 Å². The molecule has 2 unspecified atom stereocenters. The molecule has 1 saturated heterocycles. The number of carbonyl (C=O) groups excluding carboxylic acids is 1. The Kier molecular flexibility index (Phi) is 5.73. The van der Waals surface area contributed by atoms with Gasteiger partial charge in [-0.05, 0) is 19.4 Å². The number of nitrogens with one attached hydrogen (secondary N) is 1. The van der Waals surface area contributed by atoms with Gasteiger partial charge in [0.05, 0.1) is 25.9 Å². The Morgan fingerprint density at radius 1 is 1.29 bits per heavy atom. The summed E-state index contributed by atoms with van der Waals surface area (Å²) in [5.41, 5.74) is 2.31. The summed E-state index contributed by atoms with van der Waals surface area (Å²) in [4.78, 5) is 14.1. The monoisotopic (exact) mass is 292 g/mol. The maximum Gasteiger partial charge on any atom is 0.241 e. The molecule has 5 nitrogen and oxygen atoms in total. The van der Waals surface area contributed by atoms with E-state index >= 15 is 0 Å². The van der Waals surface area contributed by atoms with E-state index in [0.29, 0.717) is 26.4 Å². The van der Waals surface area contributed by atoms with Crippen molar-refractivity contribution < 1.29 is 14.3 Å². The maximum atomic E-state index is 12.3. The number of carbonyl (C=O) groups is 1. The van der Waals surface area contributed by atoms with E-state index in [1.807, 2.05) is 17.9 Å². The highest BCUT2D eigenvalue weighted by Gasteiger charge is 2.36. The first kappa shape index (κ1) is 15.9. The van der Waals surface area contributed by atoms with Crippen LogP contribution in [0, 0.1) is 6.92 Å². The van der Waals surface area contributed by atoms with Crippen LogP contribution in [0.4, 0.5) is 0 Å². The summed E-state index contributed by atoms with van der Waals surface area (Å²) in [6, 6.07) is 8.08. The lowest BCUT2D eigenvalue weighted by Crippen LogP contribution is -2.34. The zero-order chi connectivity index (χ0) is 15.2. The molecular formula is C16H24N2O3. The van der Waals surface area contributed by atoms with E-state index in [2.05, 4.69) is 30.4 Å². The Labute approximate surface area is 126 Å². The number of methoxy groups -OCH3 is 1. The minimum absolute atomic E-state index is 0.0709. The summed E-state index contributed by atoms with van der Waals surface area (Å²) in [5.74, 6) is 0.122. The van der Waals surface area contributed by atoms with Crippen molar-refractivity contribution >= 4 is 5.91 Å². The number of rotatable bonds is 7. The highest BCUT2D eigenvalue weighted by molar-refractivity contribution is 5.84. The molecule has 1 heterocycles. The molecule has 1 aromatic carbocycles. The van der Waals surface area contributed by atoms with Crippen LogP contribution in [0.15, 0.2) is 24.3 Å². The van der Waals surface area contributed by atoms with Gasteiger partial charge in [0, 0.05) is 13.7 Å². The van der Waals surface area contributed by atoms with Crippen LogP contribution in [0.5, 0.6) is 0 Å². The number of aryl methyl sites for hydroxylation is 1. The van der Waals surface area contributed by atoms with Gasteiger partial charge in [-0.25, -0.2) is 0 Å². The van der Waals surface area contributed by atoms with Crippen molar-refractivity contribution in [1.82, 2.24) is 10.2 Å². The largest absolute Gasteiger partial charge is 0.382 e. The Morgan fingerprint density at radius 3 is 2.81 bits per heavy atom. The Balaban J connectivity index is 2.00. The number of benzene rings is 1. The molecule has 0 bridgehead atoms. The quantitative estimate of drug-likeness (QED) is 0.773. The number of amides is 1. The molecule has 2 rings (SSSR count). The molecule has 1 N–H and O–H groups in total. The first-order valence-corrected chi connectivity index (χ1v) is 7.33. The molecular weight excluding hydrogens is 268 g/mol. The van der Waals surface area contributed by atoms with Crippen LogP contribution in [-0.4, -0.2) is 50.3 Å². The summed E-state index contributed by atoms with van der Waals surface area (Å²) in [6.07, 6.45) is -0.0709. The SMILES string of the molecule is COCCOCCN1C(=O)C(C)NC1c1cccc(C)c1. The summed E-state index contributed by atoms with van der Waals surface area (Å²) < 4.78 is 10.4. The van der Waals surface area contributed by atoms with Gasteiger partial charge in [0.2, 0.25) is 5.91 Å². The number of hydrogen-bond donors (Lipinski definition) is 1. The average molecular weight is 292 g/mol. The molecule has 1 aromatic rings. The maximum absolute atomic E-state index is 12.3. The van der Waals surface area contributed by atoms with Crippen LogP contribution in [-0.2, 0) is 14.3 Å². The number of nitrogens with zero attached hydrogens (tertiary/aromatic N) is 1. The van der Waals surface area contributed by atoms with Crippen LogP contribution >= 0.6 is 0 Å². The van der Waals surface area contributed by atoms with Crippen LogP contribution in [0.1, 0.15) is 24.2 Å². The molecule has 0 spiro atoms. The van der Waals surface area contributed by atoms with Gasteiger partial charge in [0.25, 0.3) is 0 Å². The standard InChI is InChI=1S/C16H24N2O3/c1-12-5-4-6-14(11-12)15-17-13(2)16(19)18(15)7-8-21-10-9-20-3/h4-6,11,13,15,17H,7-10H2,1-3H3. The van der Waals surface area contributed by atoms with Crippen LogP contribution < -0.4 is 5.32 Å². The molecule has 1 aliphatic rings. The molecule has 1 amide bonds. The fourth-order valence-electron chi connectivity index (χ4n) is 2.54. The second-order valence-corrected chi connectivity index (χ2v) is 5.34. The molecule has 0 aromatic heterocycles. The third-order valence-corrected chi connectivity index (χ3v) is 3.64. The molecule has 21 heavy (non-hydrogen) atoms. The van der Waals surface area contributed by atoms with E-state index in [0.717, 1.165) is 5.56 Å². The lowest BCUT2D eigenvalue weighted by atomic mass is 10.1. The second-order valence-electron chi connectivity index (χ2n) is 5.34. The first-order chi connectivity index (χ1) is 10.1. The van der Waals surface area contributed by atoms with Crippen LogP contribution in [0.25, 0.3) is 0 Å². The Morgan fingerprint density at radius 2 is 2.10 bits per heavy atom. The number of ether oxygens (including phenoxy) is 2. The van der Waals surface area contributed by atoms with E-state index in [1.54, 1.807) is 7.11 Å². The van der Waals surface area contributed by atoms with Gasteiger partial charge in [0.1, 0.15) is 6.17 Å². The molecule has 116 valence electrons. The predicted octanol–water partition coefficient (Wildman–Crippen LogP) is 1.48. The van der Waals surface area contributed by atoms with Crippen LogP contribution in [0.2, 0.25) is 0 Å². The third kappa shape index (κ3) is 4.03. The average Bonchev–Trinajstić information content (AvgIpc) is 2.75. The molecule has 1 aliphatic heterocycles. The minimum Gasteiger partial charge on any atom is -0.382 e. The van der Waals surface area contributed by atoms with Crippen molar-refractivity contribution in [2.45, 2.75) is 26.1 Å². The van der Waals surface area contributed by atoms with Crippen molar-refractivity contribution in [1.29, 1.82) is 0 Å². The lowest BCUT2D eigenvalue weighted by molar-refractivity contribution is -0.130. The van der Waals surface area contributed by atoms with Crippen molar-refractivity contribution in [2.75, 3.05) is 33.5 Å². The van der Waals surface area contributed by atoms with E-state index < -0.39 is 0 Å². The smallest absolute Gasteiger partial charge is 0.241 e.